The number of epoxide rings is 1. The van der Waals surface area contributed by atoms with Crippen LogP contribution in [0.2, 0.25) is 0 Å². The van der Waals surface area contributed by atoms with Crippen molar-refractivity contribution in [2.45, 2.75) is 97.4 Å². The van der Waals surface area contributed by atoms with Crippen molar-refractivity contribution in [2.24, 2.45) is 11.8 Å². The first-order valence-corrected chi connectivity index (χ1v) is 13.1. The Balaban J connectivity index is 2.78. The van der Waals surface area contributed by atoms with Crippen LogP contribution < -0.4 is 16.0 Å². The van der Waals surface area contributed by atoms with Crippen LogP contribution in [-0.4, -0.2) is 58.3 Å². The second-order valence-corrected chi connectivity index (χ2v) is 10.4. The van der Waals surface area contributed by atoms with Gasteiger partial charge in [-0.05, 0) is 31.6 Å². The molecule has 0 aromatic heterocycles. The first kappa shape index (κ1) is 28.8. The van der Waals surface area contributed by atoms with Gasteiger partial charge in [0.1, 0.15) is 17.7 Å². The van der Waals surface area contributed by atoms with Crippen molar-refractivity contribution in [3.05, 3.63) is 0 Å². The molecule has 1 heterocycles. The van der Waals surface area contributed by atoms with Gasteiger partial charge in [-0.3, -0.25) is 19.2 Å². The van der Waals surface area contributed by atoms with Gasteiger partial charge in [-0.2, -0.15) is 0 Å². The predicted molar refractivity (Wildman–Crippen MR) is 132 cm³/mol. The molecule has 0 radical (unpaired) electrons. The lowest BCUT2D eigenvalue weighted by Gasteiger charge is -2.27. The number of alkyl halides is 1. The Bertz CT molecular complexity index is 664. The van der Waals surface area contributed by atoms with Gasteiger partial charge in [-0.1, -0.05) is 70.1 Å². The van der Waals surface area contributed by atoms with E-state index in [-0.39, 0.29) is 23.5 Å². The van der Waals surface area contributed by atoms with Crippen molar-refractivity contribution in [1.82, 2.24) is 16.0 Å². The average molecular weight is 565 g/mol. The van der Waals surface area contributed by atoms with Crippen LogP contribution in [0.5, 0.6) is 0 Å². The molecule has 1 saturated heterocycles. The molecule has 0 saturated carbocycles. The third-order valence-electron chi connectivity index (χ3n) is 5.50. The smallest absolute Gasteiger partial charge is 0.243 e. The molecule has 0 aliphatic carbocycles. The zero-order valence-electron chi connectivity index (χ0n) is 20.3. The Morgan fingerprint density at radius 1 is 0.969 bits per heavy atom. The quantitative estimate of drug-likeness (QED) is 0.122. The minimum Gasteiger partial charge on any atom is -0.361 e. The first-order chi connectivity index (χ1) is 14.9. The summed E-state index contributed by atoms with van der Waals surface area (Å²) in [4.78, 5) is 50.8. The summed E-state index contributed by atoms with van der Waals surface area (Å²) >= 11 is 2.03. The van der Waals surface area contributed by atoms with Crippen molar-refractivity contribution in [1.29, 1.82) is 0 Å². The fraction of sp³-hybridized carbons (Fsp3) is 0.826. The highest BCUT2D eigenvalue weighted by molar-refractivity contribution is 14.1. The number of amides is 3. The van der Waals surface area contributed by atoms with Crippen molar-refractivity contribution in [3.8, 4) is 0 Å². The molecule has 9 heteroatoms. The normalized spacial score (nSPS) is 20.4. The Labute approximate surface area is 205 Å². The molecule has 0 bridgehead atoms. The third-order valence-corrected chi connectivity index (χ3v) is 6.38. The number of rotatable bonds is 15. The topological polar surface area (TPSA) is 117 Å². The van der Waals surface area contributed by atoms with Crippen LogP contribution in [0.4, 0.5) is 0 Å². The van der Waals surface area contributed by atoms with E-state index in [0.29, 0.717) is 23.9 Å². The minimum atomic E-state index is -0.833. The highest BCUT2D eigenvalue weighted by Crippen LogP contribution is 2.29. The fourth-order valence-corrected chi connectivity index (χ4v) is 3.97. The van der Waals surface area contributed by atoms with Crippen LogP contribution >= 0.6 is 22.6 Å². The monoisotopic (exact) mass is 565 g/mol. The highest BCUT2D eigenvalue weighted by Gasteiger charge is 2.50. The largest absolute Gasteiger partial charge is 0.361 e. The van der Waals surface area contributed by atoms with Gasteiger partial charge in [0.2, 0.25) is 17.7 Å². The molecule has 1 rings (SSSR count). The minimum absolute atomic E-state index is 0.134. The van der Waals surface area contributed by atoms with Crippen molar-refractivity contribution in [3.63, 3.8) is 0 Å². The zero-order chi connectivity index (χ0) is 24.5. The Morgan fingerprint density at radius 2 is 1.56 bits per heavy atom. The number of carbonyl (C=O) groups is 4. The number of ether oxygens (including phenoxy) is 1. The Hall–Kier alpha value is -1.23. The van der Waals surface area contributed by atoms with E-state index in [1.807, 2.05) is 50.3 Å². The van der Waals surface area contributed by atoms with E-state index in [1.54, 1.807) is 6.92 Å². The van der Waals surface area contributed by atoms with Crippen molar-refractivity contribution < 1.29 is 23.9 Å². The van der Waals surface area contributed by atoms with E-state index in [4.69, 9.17) is 4.74 Å². The van der Waals surface area contributed by atoms with Crippen LogP contribution in [-0.2, 0) is 23.9 Å². The summed E-state index contributed by atoms with van der Waals surface area (Å²) in [6.07, 6.45) is 3.62. The fourth-order valence-electron chi connectivity index (χ4n) is 3.35. The van der Waals surface area contributed by atoms with Crippen LogP contribution in [0.15, 0.2) is 0 Å². The average Bonchev–Trinajstić information content (AvgIpc) is 3.47. The molecular formula is C23H40IN3O5. The van der Waals surface area contributed by atoms with Gasteiger partial charge in [0, 0.05) is 10.8 Å². The molecule has 4 atom stereocenters. The summed E-state index contributed by atoms with van der Waals surface area (Å²) in [5.74, 6) is -1.05. The molecule has 3 N–H and O–H groups in total. The van der Waals surface area contributed by atoms with Crippen molar-refractivity contribution >= 4 is 46.1 Å². The highest BCUT2D eigenvalue weighted by atomic mass is 127. The van der Waals surface area contributed by atoms with Gasteiger partial charge in [0.05, 0.1) is 12.6 Å². The molecule has 184 valence electrons. The molecule has 0 aromatic carbocycles. The van der Waals surface area contributed by atoms with Gasteiger partial charge in [-0.25, -0.2) is 0 Å². The van der Waals surface area contributed by atoms with Gasteiger partial charge in [0.15, 0.2) is 5.78 Å². The van der Waals surface area contributed by atoms with Gasteiger partial charge >= 0.3 is 0 Å². The SMILES string of the molecule is CCCCCC(=O)N[C@H](C(=O)N[C@@H](CI)C(=O)N[C@@H](CC(C)C)C(=O)[C@@]1(C)CO1)C(C)C. The second kappa shape index (κ2) is 13.5. The molecule has 32 heavy (non-hydrogen) atoms. The Kier molecular flexibility index (Phi) is 12.1. The summed E-state index contributed by atoms with van der Waals surface area (Å²) in [7, 11) is 0. The molecule has 0 aromatic rings. The molecule has 0 spiro atoms. The number of halogens is 1. The number of Topliss-reactive ketones (excluding diaryl/α,β-unsaturated/α-hetero) is 1. The first-order valence-electron chi connectivity index (χ1n) is 11.6. The number of hydrogen-bond acceptors (Lipinski definition) is 5. The van der Waals surface area contributed by atoms with E-state index in [0.717, 1.165) is 19.3 Å². The maximum absolute atomic E-state index is 12.9. The molecule has 0 unspecified atom stereocenters. The molecule has 3 amide bonds. The summed E-state index contributed by atoms with van der Waals surface area (Å²) in [5.41, 5.74) is -0.833. The maximum atomic E-state index is 12.9. The molecular weight excluding hydrogens is 525 g/mol. The van der Waals surface area contributed by atoms with E-state index in [2.05, 4.69) is 22.9 Å². The number of hydrogen-bond donors (Lipinski definition) is 3. The van der Waals surface area contributed by atoms with E-state index >= 15 is 0 Å². The lowest BCUT2D eigenvalue weighted by atomic mass is 9.93. The number of carbonyl (C=O) groups excluding carboxylic acids is 4. The van der Waals surface area contributed by atoms with E-state index in [9.17, 15) is 19.2 Å². The number of nitrogens with one attached hydrogen (secondary N) is 3. The third kappa shape index (κ3) is 9.33. The molecule has 1 aliphatic rings. The zero-order valence-corrected chi connectivity index (χ0v) is 22.4. The lowest BCUT2D eigenvalue weighted by molar-refractivity contribution is -0.134. The van der Waals surface area contributed by atoms with E-state index < -0.39 is 35.5 Å². The number of ketones is 1. The van der Waals surface area contributed by atoms with Crippen LogP contribution in [0.3, 0.4) is 0 Å². The summed E-state index contributed by atoms with van der Waals surface area (Å²) in [6, 6.07) is -2.21. The van der Waals surface area contributed by atoms with Gasteiger partial charge in [0.25, 0.3) is 0 Å². The van der Waals surface area contributed by atoms with E-state index in [1.165, 1.54) is 0 Å². The predicted octanol–water partition coefficient (Wildman–Crippen LogP) is 2.52. The van der Waals surface area contributed by atoms with Crippen LogP contribution in [0, 0.1) is 11.8 Å². The summed E-state index contributed by atoms with van der Waals surface area (Å²) < 4.78 is 5.61. The van der Waals surface area contributed by atoms with Gasteiger partial charge in [-0.15, -0.1) is 0 Å². The second-order valence-electron chi connectivity index (χ2n) is 9.54. The number of unbranched alkanes of at least 4 members (excludes halogenated alkanes) is 2. The maximum Gasteiger partial charge on any atom is 0.243 e. The van der Waals surface area contributed by atoms with Crippen molar-refractivity contribution in [2.75, 3.05) is 11.0 Å². The summed E-state index contributed by atoms with van der Waals surface area (Å²) in [5, 5.41) is 8.38. The van der Waals surface area contributed by atoms with Crippen LogP contribution in [0.25, 0.3) is 0 Å². The molecule has 8 nitrogen and oxygen atoms in total. The molecule has 1 fully saturated rings. The van der Waals surface area contributed by atoms with Gasteiger partial charge < -0.3 is 20.7 Å². The summed E-state index contributed by atoms with van der Waals surface area (Å²) in [6.45, 7) is 11.8. The molecule has 1 aliphatic heterocycles. The standard InChI is InChI=1S/C23H40IN3O5/c1-7-8-9-10-18(28)27-19(15(4)5)22(31)26-17(12-24)21(30)25-16(11-14(2)3)20(29)23(6)13-32-23/h14-17,19H,7-13H2,1-6H3,(H,25,30)(H,26,31)(H,27,28)/t16-,17-,19-,23+/m0/s1. The Morgan fingerprint density at radius 3 is 2.03 bits per heavy atom. The lowest BCUT2D eigenvalue weighted by Crippen LogP contribution is -2.58. The van der Waals surface area contributed by atoms with Crippen LogP contribution in [0.1, 0.15) is 73.6 Å².